The van der Waals surface area contributed by atoms with Gasteiger partial charge in [-0.05, 0) is 36.4 Å². The summed E-state index contributed by atoms with van der Waals surface area (Å²) in [6.07, 6.45) is 0.0224. The van der Waals surface area contributed by atoms with Crippen LogP contribution in [0.2, 0.25) is 0 Å². The first-order valence-corrected chi connectivity index (χ1v) is 9.26. The molecule has 0 saturated carbocycles. The molecule has 2 aromatic carbocycles. The number of hydrogen-bond acceptors (Lipinski definition) is 5. The minimum absolute atomic E-state index is 0.0224. The van der Waals surface area contributed by atoms with E-state index in [0.29, 0.717) is 22.9 Å². The first-order chi connectivity index (χ1) is 14.4. The van der Waals surface area contributed by atoms with Crippen molar-refractivity contribution in [2.45, 2.75) is 6.42 Å². The monoisotopic (exact) mass is 415 g/mol. The van der Waals surface area contributed by atoms with Crippen molar-refractivity contribution in [2.24, 2.45) is 5.92 Å². The van der Waals surface area contributed by atoms with Gasteiger partial charge in [0.1, 0.15) is 17.3 Å². The van der Waals surface area contributed by atoms with Crippen LogP contribution in [0.3, 0.4) is 0 Å². The Morgan fingerprint density at radius 3 is 2.53 bits per heavy atom. The van der Waals surface area contributed by atoms with Crippen molar-refractivity contribution in [1.29, 1.82) is 0 Å². The number of anilines is 2. The molecule has 2 N–H and O–H groups in total. The highest BCUT2D eigenvalue weighted by Gasteiger charge is 2.35. The molecule has 2 aromatic rings. The second-order valence-corrected chi connectivity index (χ2v) is 6.71. The predicted molar refractivity (Wildman–Crippen MR) is 108 cm³/mol. The van der Waals surface area contributed by atoms with Crippen LogP contribution in [-0.2, 0) is 14.4 Å². The Hall–Kier alpha value is -3.62. The number of hydrogen-bond donors (Lipinski definition) is 2. The van der Waals surface area contributed by atoms with Gasteiger partial charge in [0.15, 0.2) is 0 Å². The number of carbonyl (C=O) groups excluding carboxylic acids is 3. The molecule has 1 atom stereocenters. The van der Waals surface area contributed by atoms with E-state index in [1.165, 1.54) is 43.4 Å². The number of carbonyl (C=O) groups is 3. The van der Waals surface area contributed by atoms with Crippen molar-refractivity contribution in [3.05, 3.63) is 48.3 Å². The summed E-state index contributed by atoms with van der Waals surface area (Å²) in [6, 6.07) is 10.4. The molecule has 3 rings (SSSR count). The van der Waals surface area contributed by atoms with Crippen LogP contribution in [0, 0.1) is 11.7 Å². The van der Waals surface area contributed by atoms with E-state index in [9.17, 15) is 18.8 Å². The summed E-state index contributed by atoms with van der Waals surface area (Å²) in [5, 5.41) is 5.21. The molecule has 1 fully saturated rings. The van der Waals surface area contributed by atoms with Crippen LogP contribution >= 0.6 is 0 Å². The Morgan fingerprint density at radius 2 is 1.87 bits per heavy atom. The van der Waals surface area contributed by atoms with E-state index in [0.717, 1.165) is 0 Å². The van der Waals surface area contributed by atoms with Crippen LogP contribution < -0.4 is 25.0 Å². The Kier molecular flexibility index (Phi) is 6.51. The van der Waals surface area contributed by atoms with Gasteiger partial charge in [-0.3, -0.25) is 14.4 Å². The molecule has 3 amide bonds. The standard InChI is InChI=1S/C21H22FN3O5/c1-29-16-7-8-18(30-2)17(10-16)24-19(26)11-23-21(28)13-9-20(27)25(12-13)15-5-3-14(22)4-6-15/h3-8,10,13H,9,11-12H2,1-2H3,(H,23,28)(H,24,26)/t13-/m1/s1. The predicted octanol–water partition coefficient (Wildman–Crippen LogP) is 1.95. The fourth-order valence-corrected chi connectivity index (χ4v) is 3.17. The molecule has 30 heavy (non-hydrogen) atoms. The third-order valence-electron chi connectivity index (χ3n) is 4.74. The molecule has 1 aliphatic heterocycles. The van der Waals surface area contributed by atoms with Crippen molar-refractivity contribution < 1.29 is 28.2 Å². The first kappa shape index (κ1) is 21.1. The highest BCUT2D eigenvalue weighted by atomic mass is 19.1. The average molecular weight is 415 g/mol. The molecule has 0 aliphatic carbocycles. The van der Waals surface area contributed by atoms with Crippen molar-refractivity contribution in [1.82, 2.24) is 5.32 Å². The molecule has 158 valence electrons. The molecular weight excluding hydrogens is 393 g/mol. The summed E-state index contributed by atoms with van der Waals surface area (Å²) in [7, 11) is 2.98. The highest BCUT2D eigenvalue weighted by molar-refractivity contribution is 6.01. The number of methoxy groups -OCH3 is 2. The quantitative estimate of drug-likeness (QED) is 0.721. The van der Waals surface area contributed by atoms with Crippen LogP contribution in [0.25, 0.3) is 0 Å². The number of benzene rings is 2. The Balaban J connectivity index is 1.55. The molecule has 9 heteroatoms. The second kappa shape index (κ2) is 9.25. The molecule has 1 heterocycles. The van der Waals surface area contributed by atoms with E-state index >= 15 is 0 Å². The average Bonchev–Trinajstić information content (AvgIpc) is 3.14. The van der Waals surface area contributed by atoms with Crippen molar-refractivity contribution in [3.8, 4) is 11.5 Å². The zero-order valence-electron chi connectivity index (χ0n) is 16.6. The van der Waals surface area contributed by atoms with Gasteiger partial charge in [-0.1, -0.05) is 0 Å². The lowest BCUT2D eigenvalue weighted by atomic mass is 10.1. The second-order valence-electron chi connectivity index (χ2n) is 6.71. The van der Waals surface area contributed by atoms with Crippen molar-refractivity contribution in [3.63, 3.8) is 0 Å². The van der Waals surface area contributed by atoms with Gasteiger partial charge in [0.25, 0.3) is 0 Å². The summed E-state index contributed by atoms with van der Waals surface area (Å²) in [5.74, 6) is -1.09. The van der Waals surface area contributed by atoms with Crippen LogP contribution in [0.5, 0.6) is 11.5 Å². The van der Waals surface area contributed by atoms with Gasteiger partial charge in [0, 0.05) is 24.7 Å². The number of amides is 3. The number of rotatable bonds is 7. The summed E-state index contributed by atoms with van der Waals surface area (Å²) in [5.41, 5.74) is 0.939. The topological polar surface area (TPSA) is 97.0 Å². The van der Waals surface area contributed by atoms with Gasteiger partial charge in [0.05, 0.1) is 32.4 Å². The lowest BCUT2D eigenvalue weighted by molar-refractivity contribution is -0.127. The van der Waals surface area contributed by atoms with Crippen LogP contribution in [0.15, 0.2) is 42.5 Å². The largest absolute Gasteiger partial charge is 0.497 e. The van der Waals surface area contributed by atoms with Gasteiger partial charge in [0.2, 0.25) is 17.7 Å². The zero-order chi connectivity index (χ0) is 21.7. The van der Waals surface area contributed by atoms with Gasteiger partial charge in [-0.2, -0.15) is 0 Å². The molecule has 1 aliphatic rings. The lowest BCUT2D eigenvalue weighted by Crippen LogP contribution is -2.38. The third-order valence-corrected chi connectivity index (χ3v) is 4.74. The van der Waals surface area contributed by atoms with E-state index in [1.54, 1.807) is 18.2 Å². The molecule has 0 spiro atoms. The number of nitrogens with zero attached hydrogens (tertiary/aromatic N) is 1. The molecular formula is C21H22FN3O5. The number of halogens is 1. The maximum atomic E-state index is 13.1. The van der Waals surface area contributed by atoms with Gasteiger partial charge in [-0.25, -0.2) is 4.39 Å². The van der Waals surface area contributed by atoms with Gasteiger partial charge < -0.3 is 25.0 Å². The SMILES string of the molecule is COc1ccc(OC)c(NC(=O)CNC(=O)[C@@H]2CC(=O)N(c3ccc(F)cc3)C2)c1. The van der Waals surface area contributed by atoms with Crippen molar-refractivity contribution in [2.75, 3.05) is 37.5 Å². The maximum Gasteiger partial charge on any atom is 0.243 e. The minimum atomic E-state index is -0.596. The Morgan fingerprint density at radius 1 is 1.13 bits per heavy atom. The summed E-state index contributed by atoms with van der Waals surface area (Å²) < 4.78 is 23.4. The first-order valence-electron chi connectivity index (χ1n) is 9.26. The maximum absolute atomic E-state index is 13.1. The summed E-state index contributed by atoms with van der Waals surface area (Å²) >= 11 is 0. The molecule has 8 nitrogen and oxygen atoms in total. The smallest absolute Gasteiger partial charge is 0.243 e. The molecule has 0 unspecified atom stereocenters. The van der Waals surface area contributed by atoms with Crippen LogP contribution in [0.4, 0.5) is 15.8 Å². The summed E-state index contributed by atoms with van der Waals surface area (Å²) in [6.45, 7) is -0.0952. The van der Waals surface area contributed by atoms with Crippen molar-refractivity contribution >= 4 is 29.1 Å². The minimum Gasteiger partial charge on any atom is -0.497 e. The number of nitrogens with one attached hydrogen (secondary N) is 2. The normalized spacial score (nSPS) is 15.6. The van der Waals surface area contributed by atoms with Crippen LogP contribution in [0.1, 0.15) is 6.42 Å². The molecule has 0 radical (unpaired) electrons. The summed E-state index contributed by atoms with van der Waals surface area (Å²) in [4.78, 5) is 38.3. The van der Waals surface area contributed by atoms with Crippen LogP contribution in [-0.4, -0.2) is 45.0 Å². The highest BCUT2D eigenvalue weighted by Crippen LogP contribution is 2.29. The molecule has 0 bridgehead atoms. The Labute approximate surface area is 173 Å². The number of ether oxygens (including phenoxy) is 2. The van der Waals surface area contributed by atoms with E-state index < -0.39 is 23.5 Å². The zero-order valence-corrected chi connectivity index (χ0v) is 16.6. The Bertz CT molecular complexity index is 948. The molecule has 0 aromatic heterocycles. The van der Waals surface area contributed by atoms with Gasteiger partial charge in [-0.15, -0.1) is 0 Å². The van der Waals surface area contributed by atoms with E-state index in [4.69, 9.17) is 9.47 Å². The van der Waals surface area contributed by atoms with E-state index in [2.05, 4.69) is 10.6 Å². The fourth-order valence-electron chi connectivity index (χ4n) is 3.17. The van der Waals surface area contributed by atoms with E-state index in [1.807, 2.05) is 0 Å². The molecule has 1 saturated heterocycles. The fraction of sp³-hybridized carbons (Fsp3) is 0.286. The lowest BCUT2D eigenvalue weighted by Gasteiger charge is -2.16. The third kappa shape index (κ3) is 4.86. The van der Waals surface area contributed by atoms with E-state index in [-0.39, 0.29) is 25.4 Å². The van der Waals surface area contributed by atoms with Gasteiger partial charge >= 0.3 is 0 Å².